The highest BCUT2D eigenvalue weighted by Gasteiger charge is 2.19. The van der Waals surface area contributed by atoms with Gasteiger partial charge in [0.15, 0.2) is 0 Å². The number of aromatic nitrogens is 3. The quantitative estimate of drug-likeness (QED) is 0.437. The molecule has 174 valence electrons. The summed E-state index contributed by atoms with van der Waals surface area (Å²) in [5.41, 5.74) is 2.71. The molecule has 34 heavy (non-hydrogen) atoms. The van der Waals surface area contributed by atoms with E-state index in [1.807, 2.05) is 18.2 Å². The van der Waals surface area contributed by atoms with E-state index in [-0.39, 0.29) is 16.5 Å². The zero-order valence-electron chi connectivity index (χ0n) is 18.6. The number of anilines is 2. The Kier molecular flexibility index (Phi) is 5.99. The van der Waals surface area contributed by atoms with Crippen molar-refractivity contribution < 1.29 is 13.2 Å². The third kappa shape index (κ3) is 4.37. The van der Waals surface area contributed by atoms with Crippen LogP contribution in [0.5, 0.6) is 5.88 Å². The third-order valence-electron chi connectivity index (χ3n) is 5.71. The molecule has 1 aliphatic heterocycles. The molecule has 0 atom stereocenters. The van der Waals surface area contributed by atoms with Crippen LogP contribution in [-0.4, -0.2) is 56.7 Å². The topological polar surface area (TPSA) is 109 Å². The number of fused-ring (bicyclic) bond motifs is 1. The summed E-state index contributed by atoms with van der Waals surface area (Å²) in [7, 11) is -2.35. The van der Waals surface area contributed by atoms with Crippen LogP contribution in [0.1, 0.15) is 0 Å². The molecule has 0 aliphatic carbocycles. The van der Waals surface area contributed by atoms with Crippen molar-refractivity contribution in [2.45, 2.75) is 4.90 Å². The minimum Gasteiger partial charge on any atom is -0.480 e. The lowest BCUT2D eigenvalue weighted by molar-refractivity contribution is 0.400. The second-order valence-corrected chi connectivity index (χ2v) is 9.55. The van der Waals surface area contributed by atoms with Crippen molar-refractivity contribution in [3.63, 3.8) is 0 Å². The van der Waals surface area contributed by atoms with Gasteiger partial charge in [0, 0.05) is 43.3 Å². The van der Waals surface area contributed by atoms with Gasteiger partial charge >= 0.3 is 0 Å². The highest BCUT2D eigenvalue weighted by molar-refractivity contribution is 7.92. The van der Waals surface area contributed by atoms with E-state index in [2.05, 4.69) is 29.9 Å². The first kappa shape index (κ1) is 22.1. The van der Waals surface area contributed by atoms with Gasteiger partial charge in [-0.05, 0) is 35.9 Å². The number of pyridine rings is 1. The Balaban J connectivity index is 1.54. The van der Waals surface area contributed by atoms with Crippen molar-refractivity contribution in [1.29, 1.82) is 0 Å². The summed E-state index contributed by atoms with van der Waals surface area (Å²) in [6, 6.07) is 15.8. The third-order valence-corrected chi connectivity index (χ3v) is 7.09. The summed E-state index contributed by atoms with van der Waals surface area (Å²) in [4.78, 5) is 15.7. The Morgan fingerprint density at radius 1 is 0.971 bits per heavy atom. The van der Waals surface area contributed by atoms with E-state index in [0.29, 0.717) is 0 Å². The maximum Gasteiger partial charge on any atom is 0.262 e. The standard InChI is InChI=1S/C24H24N6O3S/c1-33-24-22(29-34(31,32)19-5-3-2-4-6-19)14-18(15-26-24)17-7-8-21-20(13-17)23(28-16-27-21)30-11-9-25-10-12-30/h2-8,13-16,25,29H,9-12H2,1H3. The van der Waals surface area contributed by atoms with E-state index >= 15 is 0 Å². The van der Waals surface area contributed by atoms with Gasteiger partial charge in [0.2, 0.25) is 5.88 Å². The Labute approximate surface area is 197 Å². The lowest BCUT2D eigenvalue weighted by Crippen LogP contribution is -2.44. The predicted molar refractivity (Wildman–Crippen MR) is 132 cm³/mol. The Bertz CT molecular complexity index is 1420. The summed E-state index contributed by atoms with van der Waals surface area (Å²) in [6.45, 7) is 3.54. The van der Waals surface area contributed by atoms with Gasteiger partial charge in [0.05, 0.1) is 17.5 Å². The summed E-state index contributed by atoms with van der Waals surface area (Å²) >= 11 is 0. The monoisotopic (exact) mass is 476 g/mol. The maximum atomic E-state index is 12.9. The minimum absolute atomic E-state index is 0.158. The summed E-state index contributed by atoms with van der Waals surface area (Å²) < 4.78 is 33.7. The molecule has 2 aromatic carbocycles. The number of hydrogen-bond donors (Lipinski definition) is 2. The first-order chi connectivity index (χ1) is 16.5. The fourth-order valence-corrected chi connectivity index (χ4v) is 5.07. The molecule has 0 radical (unpaired) electrons. The van der Waals surface area contributed by atoms with Gasteiger partial charge in [-0.3, -0.25) is 4.72 Å². The number of benzene rings is 2. The number of piperazine rings is 1. The minimum atomic E-state index is -3.80. The first-order valence-electron chi connectivity index (χ1n) is 10.9. The number of nitrogens with one attached hydrogen (secondary N) is 2. The number of hydrogen-bond acceptors (Lipinski definition) is 8. The van der Waals surface area contributed by atoms with E-state index < -0.39 is 10.0 Å². The zero-order valence-corrected chi connectivity index (χ0v) is 19.4. The van der Waals surface area contributed by atoms with E-state index in [1.165, 1.54) is 19.2 Å². The predicted octanol–water partition coefficient (Wildman–Crippen LogP) is 2.91. The number of sulfonamides is 1. The lowest BCUT2D eigenvalue weighted by atomic mass is 10.0. The van der Waals surface area contributed by atoms with Crippen molar-refractivity contribution in [3.8, 4) is 17.0 Å². The maximum absolute atomic E-state index is 12.9. The van der Waals surface area contributed by atoms with Crippen LogP contribution in [0.15, 0.2) is 72.0 Å². The summed E-state index contributed by atoms with van der Waals surface area (Å²) in [6.07, 6.45) is 3.25. The molecule has 1 aliphatic rings. The molecule has 0 bridgehead atoms. The normalized spacial score (nSPS) is 14.2. The van der Waals surface area contributed by atoms with E-state index in [1.54, 1.807) is 36.8 Å². The SMILES string of the molecule is COc1ncc(-c2ccc3ncnc(N4CCNCC4)c3c2)cc1NS(=O)(=O)c1ccccc1. The average Bonchev–Trinajstić information content (AvgIpc) is 2.89. The number of ether oxygens (including phenoxy) is 1. The highest BCUT2D eigenvalue weighted by atomic mass is 32.2. The molecule has 0 spiro atoms. The molecule has 10 heteroatoms. The van der Waals surface area contributed by atoms with Crippen molar-refractivity contribution in [2.75, 3.05) is 42.9 Å². The molecule has 5 rings (SSSR count). The van der Waals surface area contributed by atoms with Crippen LogP contribution in [0, 0.1) is 0 Å². The molecule has 2 aromatic heterocycles. The van der Waals surface area contributed by atoms with Crippen LogP contribution in [0.2, 0.25) is 0 Å². The lowest BCUT2D eigenvalue weighted by Gasteiger charge is -2.29. The van der Waals surface area contributed by atoms with Crippen molar-refractivity contribution in [1.82, 2.24) is 20.3 Å². The van der Waals surface area contributed by atoms with Crippen LogP contribution < -0.4 is 19.7 Å². The molecule has 4 aromatic rings. The number of methoxy groups -OCH3 is 1. The fourth-order valence-electron chi connectivity index (χ4n) is 4.00. The van der Waals surface area contributed by atoms with Gasteiger partial charge in [-0.15, -0.1) is 0 Å². The zero-order chi connectivity index (χ0) is 23.5. The smallest absolute Gasteiger partial charge is 0.262 e. The van der Waals surface area contributed by atoms with Crippen LogP contribution in [0.25, 0.3) is 22.0 Å². The Morgan fingerprint density at radius 2 is 1.76 bits per heavy atom. The van der Waals surface area contributed by atoms with Crippen molar-refractivity contribution in [2.24, 2.45) is 0 Å². The fraction of sp³-hybridized carbons (Fsp3) is 0.208. The molecule has 1 fully saturated rings. The van der Waals surface area contributed by atoms with E-state index in [9.17, 15) is 8.42 Å². The van der Waals surface area contributed by atoms with E-state index in [4.69, 9.17) is 4.74 Å². The molecule has 0 saturated carbocycles. The van der Waals surface area contributed by atoms with Crippen LogP contribution in [0.3, 0.4) is 0 Å². The molecular weight excluding hydrogens is 452 g/mol. The summed E-state index contributed by atoms with van der Waals surface area (Å²) in [5, 5.41) is 4.29. The highest BCUT2D eigenvalue weighted by Crippen LogP contribution is 2.33. The summed E-state index contributed by atoms with van der Waals surface area (Å²) in [5.74, 6) is 1.08. The van der Waals surface area contributed by atoms with Gasteiger partial charge in [0.1, 0.15) is 17.8 Å². The van der Waals surface area contributed by atoms with Crippen LogP contribution >= 0.6 is 0 Å². The van der Waals surface area contributed by atoms with Gasteiger partial charge < -0.3 is 15.0 Å². The average molecular weight is 477 g/mol. The van der Waals surface area contributed by atoms with Crippen LogP contribution in [-0.2, 0) is 10.0 Å². The largest absolute Gasteiger partial charge is 0.480 e. The first-order valence-corrected chi connectivity index (χ1v) is 12.4. The molecule has 0 amide bonds. The van der Waals surface area contributed by atoms with Gasteiger partial charge in [-0.2, -0.15) is 0 Å². The Morgan fingerprint density at radius 3 is 2.53 bits per heavy atom. The van der Waals surface area contributed by atoms with Crippen LogP contribution in [0.4, 0.5) is 11.5 Å². The van der Waals surface area contributed by atoms with Crippen molar-refractivity contribution >= 4 is 32.4 Å². The van der Waals surface area contributed by atoms with Crippen molar-refractivity contribution in [3.05, 3.63) is 67.1 Å². The molecule has 9 nitrogen and oxygen atoms in total. The molecule has 2 N–H and O–H groups in total. The number of rotatable bonds is 6. The molecule has 1 saturated heterocycles. The van der Waals surface area contributed by atoms with Gasteiger partial charge in [-0.1, -0.05) is 24.3 Å². The molecule has 0 unspecified atom stereocenters. The second-order valence-electron chi connectivity index (χ2n) is 7.87. The van der Waals surface area contributed by atoms with Gasteiger partial charge in [-0.25, -0.2) is 23.4 Å². The molecule has 3 heterocycles. The second kappa shape index (κ2) is 9.24. The van der Waals surface area contributed by atoms with E-state index in [0.717, 1.165) is 54.0 Å². The number of nitrogens with zero attached hydrogens (tertiary/aromatic N) is 4. The Hall–Kier alpha value is -3.76. The van der Waals surface area contributed by atoms with Gasteiger partial charge in [0.25, 0.3) is 10.0 Å². The molecular formula is C24H24N6O3S.